The maximum atomic E-state index is 10.1. The van der Waals surface area contributed by atoms with Crippen LogP contribution in [0.15, 0.2) is 47.1 Å². The molecule has 1 aromatic heterocycles. The van der Waals surface area contributed by atoms with E-state index in [-0.39, 0.29) is 0 Å². The first kappa shape index (κ1) is 11.3. The van der Waals surface area contributed by atoms with Gasteiger partial charge in [0, 0.05) is 10.7 Å². The van der Waals surface area contributed by atoms with Gasteiger partial charge < -0.3 is 5.11 Å². The molecule has 0 saturated carbocycles. The molecule has 1 aromatic carbocycles. The molecule has 82 valence electrons. The van der Waals surface area contributed by atoms with Gasteiger partial charge in [0.15, 0.2) is 0 Å². The summed E-state index contributed by atoms with van der Waals surface area (Å²) in [7, 11) is 0. The minimum atomic E-state index is -0.659. The SMILES string of the molecule is Cc1cccc(C(O)c2ccc(Br)cn2)c1. The topological polar surface area (TPSA) is 33.1 Å². The normalized spacial score (nSPS) is 12.4. The Balaban J connectivity index is 2.31. The third-order valence-corrected chi connectivity index (χ3v) is 2.86. The molecular weight excluding hydrogens is 266 g/mol. The summed E-state index contributed by atoms with van der Waals surface area (Å²) in [6.07, 6.45) is 1.03. The number of hydrogen-bond donors (Lipinski definition) is 1. The molecule has 0 spiro atoms. The zero-order valence-corrected chi connectivity index (χ0v) is 10.5. The standard InChI is InChI=1S/C13H12BrNO/c1-9-3-2-4-10(7-9)13(16)12-6-5-11(14)8-15-12/h2-8,13,16H,1H3. The van der Waals surface area contributed by atoms with Gasteiger partial charge in [-0.05, 0) is 40.5 Å². The Morgan fingerprint density at radius 1 is 1.25 bits per heavy atom. The molecule has 0 fully saturated rings. The van der Waals surface area contributed by atoms with Crippen LogP contribution < -0.4 is 0 Å². The van der Waals surface area contributed by atoms with Crippen molar-refractivity contribution in [2.45, 2.75) is 13.0 Å². The van der Waals surface area contributed by atoms with Crippen LogP contribution in [0.4, 0.5) is 0 Å². The first-order valence-electron chi connectivity index (χ1n) is 5.03. The summed E-state index contributed by atoms with van der Waals surface area (Å²) in [5, 5.41) is 10.1. The summed E-state index contributed by atoms with van der Waals surface area (Å²) in [4.78, 5) is 4.19. The molecule has 2 rings (SSSR count). The van der Waals surface area contributed by atoms with E-state index in [1.54, 1.807) is 6.20 Å². The van der Waals surface area contributed by atoms with Crippen LogP contribution in [0, 0.1) is 6.92 Å². The van der Waals surface area contributed by atoms with E-state index < -0.39 is 6.10 Å². The molecule has 3 heteroatoms. The smallest absolute Gasteiger partial charge is 0.121 e. The summed E-state index contributed by atoms with van der Waals surface area (Å²) in [6, 6.07) is 11.5. The lowest BCUT2D eigenvalue weighted by Gasteiger charge is -2.10. The summed E-state index contributed by atoms with van der Waals surface area (Å²) in [5.74, 6) is 0. The van der Waals surface area contributed by atoms with Crippen molar-refractivity contribution >= 4 is 15.9 Å². The quantitative estimate of drug-likeness (QED) is 0.914. The van der Waals surface area contributed by atoms with E-state index in [1.807, 2.05) is 43.3 Å². The summed E-state index contributed by atoms with van der Waals surface area (Å²) in [5.41, 5.74) is 2.66. The number of aliphatic hydroxyl groups is 1. The van der Waals surface area contributed by atoms with Gasteiger partial charge >= 0.3 is 0 Å². The zero-order valence-electron chi connectivity index (χ0n) is 8.89. The van der Waals surface area contributed by atoms with Gasteiger partial charge in [-0.25, -0.2) is 0 Å². The number of pyridine rings is 1. The number of aryl methyl sites for hydroxylation is 1. The minimum Gasteiger partial charge on any atom is -0.382 e. The fourth-order valence-electron chi connectivity index (χ4n) is 1.56. The van der Waals surface area contributed by atoms with Crippen LogP contribution in [0.2, 0.25) is 0 Å². The fraction of sp³-hybridized carbons (Fsp3) is 0.154. The highest BCUT2D eigenvalue weighted by atomic mass is 79.9. The first-order valence-corrected chi connectivity index (χ1v) is 5.82. The van der Waals surface area contributed by atoms with Crippen molar-refractivity contribution < 1.29 is 5.11 Å². The summed E-state index contributed by atoms with van der Waals surface area (Å²) < 4.78 is 0.910. The molecule has 16 heavy (non-hydrogen) atoms. The van der Waals surface area contributed by atoms with E-state index in [9.17, 15) is 5.11 Å². The molecule has 1 N–H and O–H groups in total. The third kappa shape index (κ3) is 2.49. The summed E-state index contributed by atoms with van der Waals surface area (Å²) >= 11 is 3.32. The number of hydrogen-bond acceptors (Lipinski definition) is 2. The maximum Gasteiger partial charge on any atom is 0.121 e. The Morgan fingerprint density at radius 3 is 2.69 bits per heavy atom. The molecule has 1 heterocycles. The Hall–Kier alpha value is -1.19. The van der Waals surface area contributed by atoms with E-state index in [0.717, 1.165) is 15.6 Å². The van der Waals surface area contributed by atoms with Gasteiger partial charge in [0.05, 0.1) is 5.69 Å². The van der Waals surface area contributed by atoms with Crippen molar-refractivity contribution in [1.82, 2.24) is 4.98 Å². The Bertz CT molecular complexity index is 482. The Morgan fingerprint density at radius 2 is 2.06 bits per heavy atom. The monoisotopic (exact) mass is 277 g/mol. The highest BCUT2D eigenvalue weighted by molar-refractivity contribution is 9.10. The molecule has 0 saturated heterocycles. The first-order chi connectivity index (χ1) is 7.66. The minimum absolute atomic E-state index is 0.659. The van der Waals surface area contributed by atoms with Gasteiger partial charge in [0.1, 0.15) is 6.10 Å². The molecule has 2 aromatic rings. The number of rotatable bonds is 2. The molecule has 1 atom stereocenters. The molecule has 0 radical (unpaired) electrons. The van der Waals surface area contributed by atoms with E-state index in [0.29, 0.717) is 5.69 Å². The van der Waals surface area contributed by atoms with Gasteiger partial charge in [0.25, 0.3) is 0 Å². The van der Waals surface area contributed by atoms with Crippen molar-refractivity contribution in [3.8, 4) is 0 Å². The number of benzene rings is 1. The highest BCUT2D eigenvalue weighted by Crippen LogP contribution is 2.21. The third-order valence-electron chi connectivity index (χ3n) is 2.39. The molecule has 0 bridgehead atoms. The maximum absolute atomic E-state index is 10.1. The molecule has 0 aliphatic heterocycles. The van der Waals surface area contributed by atoms with Crippen LogP contribution in [0.1, 0.15) is 22.9 Å². The molecule has 1 unspecified atom stereocenters. The molecule has 0 aliphatic rings. The second-order valence-corrected chi connectivity index (χ2v) is 4.63. The van der Waals surface area contributed by atoms with Gasteiger partial charge in [0.2, 0.25) is 0 Å². The van der Waals surface area contributed by atoms with Crippen molar-refractivity contribution in [3.63, 3.8) is 0 Å². The van der Waals surface area contributed by atoms with Crippen molar-refractivity contribution in [2.75, 3.05) is 0 Å². The number of nitrogens with zero attached hydrogens (tertiary/aromatic N) is 1. The van der Waals surface area contributed by atoms with Gasteiger partial charge in [-0.2, -0.15) is 0 Å². The van der Waals surface area contributed by atoms with Crippen LogP contribution in [0.5, 0.6) is 0 Å². The van der Waals surface area contributed by atoms with Crippen LogP contribution in [0.25, 0.3) is 0 Å². The predicted molar refractivity (Wildman–Crippen MR) is 67.2 cm³/mol. The van der Waals surface area contributed by atoms with E-state index in [4.69, 9.17) is 0 Å². The summed E-state index contributed by atoms with van der Waals surface area (Å²) in [6.45, 7) is 2.01. The number of aliphatic hydroxyl groups excluding tert-OH is 1. The number of aromatic nitrogens is 1. The van der Waals surface area contributed by atoms with Crippen LogP contribution in [0.3, 0.4) is 0 Å². The van der Waals surface area contributed by atoms with E-state index in [2.05, 4.69) is 20.9 Å². The second kappa shape index (κ2) is 4.76. The lowest BCUT2D eigenvalue weighted by Crippen LogP contribution is -2.02. The van der Waals surface area contributed by atoms with Crippen LogP contribution >= 0.6 is 15.9 Å². The molecule has 0 aliphatic carbocycles. The Labute approximate surface area is 103 Å². The van der Waals surface area contributed by atoms with E-state index in [1.165, 1.54) is 0 Å². The van der Waals surface area contributed by atoms with Crippen LogP contribution in [-0.4, -0.2) is 10.1 Å². The molecular formula is C13H12BrNO. The van der Waals surface area contributed by atoms with Gasteiger partial charge in [-0.15, -0.1) is 0 Å². The zero-order chi connectivity index (χ0) is 11.5. The fourth-order valence-corrected chi connectivity index (χ4v) is 1.79. The average molecular weight is 278 g/mol. The van der Waals surface area contributed by atoms with Crippen molar-refractivity contribution in [2.24, 2.45) is 0 Å². The van der Waals surface area contributed by atoms with Gasteiger partial charge in [-0.1, -0.05) is 29.8 Å². The van der Waals surface area contributed by atoms with Crippen molar-refractivity contribution in [3.05, 3.63) is 63.9 Å². The van der Waals surface area contributed by atoms with Crippen LogP contribution in [-0.2, 0) is 0 Å². The average Bonchev–Trinajstić information content (AvgIpc) is 2.29. The largest absolute Gasteiger partial charge is 0.382 e. The van der Waals surface area contributed by atoms with Crippen molar-refractivity contribution in [1.29, 1.82) is 0 Å². The Kier molecular flexibility index (Phi) is 3.36. The lowest BCUT2D eigenvalue weighted by atomic mass is 10.0. The second-order valence-electron chi connectivity index (χ2n) is 3.72. The van der Waals surface area contributed by atoms with Gasteiger partial charge in [-0.3, -0.25) is 4.98 Å². The number of halogens is 1. The lowest BCUT2D eigenvalue weighted by molar-refractivity contribution is 0.215. The van der Waals surface area contributed by atoms with E-state index >= 15 is 0 Å². The molecule has 0 amide bonds. The highest BCUT2D eigenvalue weighted by Gasteiger charge is 2.11. The predicted octanol–water partition coefficient (Wildman–Crippen LogP) is 3.23. The molecule has 2 nitrogen and oxygen atoms in total.